The van der Waals surface area contributed by atoms with E-state index in [0.717, 1.165) is 32.4 Å². The fourth-order valence-electron chi connectivity index (χ4n) is 2.94. The molecule has 1 amide bonds. The smallest absolute Gasteiger partial charge is 0.225 e. The first-order valence-electron chi connectivity index (χ1n) is 7.80. The van der Waals surface area contributed by atoms with Gasteiger partial charge in [-0.25, -0.2) is 14.4 Å². The number of hydrogen-bond donors (Lipinski definition) is 1. The average molecular weight is 308 g/mol. The Labute approximate surface area is 129 Å². The van der Waals surface area contributed by atoms with Crippen molar-refractivity contribution in [2.24, 2.45) is 11.8 Å². The minimum atomic E-state index is -0.419. The summed E-state index contributed by atoms with van der Waals surface area (Å²) < 4.78 is 18.1. The summed E-state index contributed by atoms with van der Waals surface area (Å²) in [7, 11) is 0. The van der Waals surface area contributed by atoms with E-state index in [0.29, 0.717) is 31.6 Å². The van der Waals surface area contributed by atoms with Crippen LogP contribution in [0.1, 0.15) is 19.3 Å². The Balaban J connectivity index is 1.41. The Bertz CT molecular complexity index is 497. The van der Waals surface area contributed by atoms with Gasteiger partial charge in [0.25, 0.3) is 0 Å². The number of piperidine rings is 1. The zero-order valence-corrected chi connectivity index (χ0v) is 12.5. The van der Waals surface area contributed by atoms with Gasteiger partial charge in [-0.3, -0.25) is 4.79 Å². The summed E-state index contributed by atoms with van der Waals surface area (Å²) in [5, 5.41) is 3.04. The molecule has 1 unspecified atom stereocenters. The molecule has 1 N–H and O–H groups in total. The number of nitrogens with zero attached hydrogens (tertiary/aromatic N) is 3. The van der Waals surface area contributed by atoms with Gasteiger partial charge >= 0.3 is 0 Å². The molecule has 3 heterocycles. The third-order valence-electron chi connectivity index (χ3n) is 4.37. The van der Waals surface area contributed by atoms with Gasteiger partial charge in [-0.05, 0) is 25.2 Å². The van der Waals surface area contributed by atoms with Crippen molar-refractivity contribution < 1.29 is 13.9 Å². The Hall–Kier alpha value is -1.76. The average Bonchev–Trinajstić information content (AvgIpc) is 3.08. The minimum absolute atomic E-state index is 0.0210. The number of halogens is 1. The number of hydrogen-bond acceptors (Lipinski definition) is 5. The van der Waals surface area contributed by atoms with E-state index in [2.05, 4.69) is 20.2 Å². The molecule has 0 aliphatic carbocycles. The predicted octanol–water partition coefficient (Wildman–Crippen LogP) is 0.985. The second kappa shape index (κ2) is 7.00. The highest BCUT2D eigenvalue weighted by atomic mass is 19.1. The van der Waals surface area contributed by atoms with Crippen LogP contribution in [0.15, 0.2) is 12.4 Å². The zero-order chi connectivity index (χ0) is 15.4. The molecular formula is C15H21FN4O2. The molecule has 6 nitrogen and oxygen atoms in total. The van der Waals surface area contributed by atoms with E-state index >= 15 is 0 Å². The van der Waals surface area contributed by atoms with Crippen LogP contribution in [0.5, 0.6) is 0 Å². The van der Waals surface area contributed by atoms with Crippen molar-refractivity contribution in [3.8, 4) is 0 Å². The Kier molecular flexibility index (Phi) is 4.82. The molecule has 0 spiro atoms. The highest BCUT2D eigenvalue weighted by molar-refractivity contribution is 5.78. The lowest BCUT2D eigenvalue weighted by molar-refractivity contribution is -0.125. The van der Waals surface area contributed by atoms with E-state index in [-0.39, 0.29) is 11.8 Å². The normalized spacial score (nSPS) is 22.8. The van der Waals surface area contributed by atoms with Crippen LogP contribution in [0, 0.1) is 17.7 Å². The number of rotatable bonds is 4. The number of carbonyl (C=O) groups is 1. The second-order valence-electron chi connectivity index (χ2n) is 5.94. The van der Waals surface area contributed by atoms with Gasteiger partial charge in [0.05, 0.1) is 24.9 Å². The zero-order valence-electron chi connectivity index (χ0n) is 12.5. The quantitative estimate of drug-likeness (QED) is 0.898. The molecular weight excluding hydrogens is 287 g/mol. The van der Waals surface area contributed by atoms with Gasteiger partial charge in [0.2, 0.25) is 11.9 Å². The van der Waals surface area contributed by atoms with Gasteiger partial charge in [-0.1, -0.05) is 0 Å². The van der Waals surface area contributed by atoms with Crippen LogP contribution in [-0.2, 0) is 9.53 Å². The van der Waals surface area contributed by atoms with Crippen molar-refractivity contribution in [1.29, 1.82) is 0 Å². The molecule has 1 aromatic rings. The molecule has 1 atom stereocenters. The van der Waals surface area contributed by atoms with Crippen molar-refractivity contribution in [2.45, 2.75) is 19.3 Å². The van der Waals surface area contributed by atoms with E-state index in [1.165, 1.54) is 12.4 Å². The van der Waals surface area contributed by atoms with E-state index in [1.54, 1.807) is 0 Å². The molecule has 22 heavy (non-hydrogen) atoms. The van der Waals surface area contributed by atoms with Crippen molar-refractivity contribution in [1.82, 2.24) is 15.3 Å². The second-order valence-corrected chi connectivity index (χ2v) is 5.94. The molecule has 0 bridgehead atoms. The van der Waals surface area contributed by atoms with Crippen LogP contribution in [0.2, 0.25) is 0 Å². The van der Waals surface area contributed by atoms with E-state index in [4.69, 9.17) is 4.74 Å². The fraction of sp³-hybridized carbons (Fsp3) is 0.667. The minimum Gasteiger partial charge on any atom is -0.381 e. The number of aromatic nitrogens is 2. The van der Waals surface area contributed by atoms with E-state index < -0.39 is 5.82 Å². The highest BCUT2D eigenvalue weighted by Crippen LogP contribution is 2.20. The fourth-order valence-corrected chi connectivity index (χ4v) is 2.94. The number of nitrogens with one attached hydrogen (secondary N) is 1. The molecule has 0 radical (unpaired) electrons. The van der Waals surface area contributed by atoms with Crippen molar-refractivity contribution in [2.75, 3.05) is 37.7 Å². The van der Waals surface area contributed by atoms with Gasteiger partial charge in [-0.15, -0.1) is 0 Å². The molecule has 1 aromatic heterocycles. The molecule has 2 aliphatic rings. The third kappa shape index (κ3) is 3.71. The van der Waals surface area contributed by atoms with E-state index in [1.807, 2.05) is 0 Å². The SMILES string of the molecule is O=C(NCC1CCN(c2ncc(F)cn2)CC1)C1CCOC1. The van der Waals surface area contributed by atoms with Gasteiger partial charge in [0, 0.05) is 26.2 Å². The topological polar surface area (TPSA) is 67.4 Å². The largest absolute Gasteiger partial charge is 0.381 e. The summed E-state index contributed by atoms with van der Waals surface area (Å²) in [4.78, 5) is 22.0. The summed E-state index contributed by atoms with van der Waals surface area (Å²) in [6.07, 6.45) is 5.16. The predicted molar refractivity (Wildman–Crippen MR) is 78.9 cm³/mol. The molecule has 120 valence electrons. The maximum atomic E-state index is 12.8. The lowest BCUT2D eigenvalue weighted by Gasteiger charge is -2.32. The molecule has 2 saturated heterocycles. The summed E-state index contributed by atoms with van der Waals surface area (Å²) >= 11 is 0. The van der Waals surface area contributed by atoms with Crippen LogP contribution in [0.4, 0.5) is 10.3 Å². The van der Waals surface area contributed by atoms with Crippen LogP contribution in [0.3, 0.4) is 0 Å². The Morgan fingerprint density at radius 3 is 2.68 bits per heavy atom. The van der Waals surface area contributed by atoms with Crippen molar-refractivity contribution in [3.63, 3.8) is 0 Å². The summed E-state index contributed by atoms with van der Waals surface area (Å²) in [5.74, 6) is 0.765. The van der Waals surface area contributed by atoms with Gasteiger partial charge in [-0.2, -0.15) is 0 Å². The molecule has 2 fully saturated rings. The Morgan fingerprint density at radius 1 is 1.32 bits per heavy atom. The van der Waals surface area contributed by atoms with E-state index in [9.17, 15) is 9.18 Å². The first-order chi connectivity index (χ1) is 10.7. The van der Waals surface area contributed by atoms with Crippen molar-refractivity contribution >= 4 is 11.9 Å². The molecule has 2 aliphatic heterocycles. The number of carbonyl (C=O) groups excluding carboxylic acids is 1. The first kappa shape index (κ1) is 15.1. The molecule has 0 aromatic carbocycles. The van der Waals surface area contributed by atoms with Crippen LogP contribution < -0.4 is 10.2 Å². The molecule has 7 heteroatoms. The maximum absolute atomic E-state index is 12.8. The summed E-state index contributed by atoms with van der Waals surface area (Å²) in [6, 6.07) is 0. The monoisotopic (exact) mass is 308 g/mol. The molecule has 3 rings (SSSR count). The number of anilines is 1. The lowest BCUT2D eigenvalue weighted by atomic mass is 9.96. The van der Waals surface area contributed by atoms with Crippen LogP contribution >= 0.6 is 0 Å². The van der Waals surface area contributed by atoms with Crippen molar-refractivity contribution in [3.05, 3.63) is 18.2 Å². The standard InChI is InChI=1S/C15H21FN4O2/c16-13-8-18-15(19-9-13)20-4-1-11(2-5-20)7-17-14(21)12-3-6-22-10-12/h8-9,11-12H,1-7,10H2,(H,17,21). The van der Waals surface area contributed by atoms with Gasteiger partial charge in [0.15, 0.2) is 5.82 Å². The highest BCUT2D eigenvalue weighted by Gasteiger charge is 2.25. The first-order valence-corrected chi connectivity index (χ1v) is 7.80. The van der Waals surface area contributed by atoms with Gasteiger partial charge in [0.1, 0.15) is 0 Å². The summed E-state index contributed by atoms with van der Waals surface area (Å²) in [6.45, 7) is 3.62. The van der Waals surface area contributed by atoms with Crippen LogP contribution in [0.25, 0.3) is 0 Å². The number of amides is 1. The third-order valence-corrected chi connectivity index (χ3v) is 4.37. The van der Waals surface area contributed by atoms with Crippen LogP contribution in [-0.4, -0.2) is 48.7 Å². The van der Waals surface area contributed by atoms with Gasteiger partial charge < -0.3 is 15.0 Å². The lowest BCUT2D eigenvalue weighted by Crippen LogP contribution is -2.40. The summed E-state index contributed by atoms with van der Waals surface area (Å²) in [5.41, 5.74) is 0. The molecule has 0 saturated carbocycles. The Morgan fingerprint density at radius 2 is 2.05 bits per heavy atom. The maximum Gasteiger partial charge on any atom is 0.225 e. The number of ether oxygens (including phenoxy) is 1.